The number of aliphatic carboxylic acids is 1. The molecule has 2 aromatic rings. The van der Waals surface area contributed by atoms with Crippen LogP contribution in [0.1, 0.15) is 6.42 Å². The summed E-state index contributed by atoms with van der Waals surface area (Å²) in [5.74, 6) is -0.980. The molecule has 88 valence electrons. The van der Waals surface area contributed by atoms with Crippen molar-refractivity contribution in [3.8, 4) is 11.4 Å². The number of benzene rings is 1. The van der Waals surface area contributed by atoms with Crippen LogP contribution in [0.25, 0.3) is 11.4 Å². The van der Waals surface area contributed by atoms with E-state index in [1.54, 1.807) is 12.1 Å². The molecule has 1 aromatic heterocycles. The first-order valence-corrected chi connectivity index (χ1v) is 4.91. The Balaban J connectivity index is 2.27. The van der Waals surface area contributed by atoms with Crippen molar-refractivity contribution in [3.63, 3.8) is 0 Å². The van der Waals surface area contributed by atoms with E-state index in [1.807, 2.05) is 0 Å². The first-order valence-electron chi connectivity index (χ1n) is 4.91. The maximum absolute atomic E-state index is 13.0. The molecule has 0 spiro atoms. The number of nitrogens with zero attached hydrogens (tertiary/aromatic N) is 4. The van der Waals surface area contributed by atoms with Gasteiger partial charge in [-0.05, 0) is 22.6 Å². The highest BCUT2D eigenvalue weighted by atomic mass is 19.1. The highest BCUT2D eigenvalue weighted by molar-refractivity contribution is 5.66. The molecule has 7 heteroatoms. The van der Waals surface area contributed by atoms with Crippen LogP contribution >= 0.6 is 0 Å². The number of carbonyl (C=O) groups is 1. The van der Waals surface area contributed by atoms with Gasteiger partial charge in [-0.1, -0.05) is 12.1 Å². The molecule has 0 unspecified atom stereocenters. The van der Waals surface area contributed by atoms with Crippen molar-refractivity contribution in [3.05, 3.63) is 30.1 Å². The molecular formula is C10H9FN4O2. The molecule has 1 N–H and O–H groups in total. The largest absolute Gasteiger partial charge is 0.481 e. The average molecular weight is 236 g/mol. The van der Waals surface area contributed by atoms with Crippen LogP contribution in [0.2, 0.25) is 0 Å². The van der Waals surface area contributed by atoms with Crippen molar-refractivity contribution in [1.29, 1.82) is 0 Å². The predicted octanol–water partition coefficient (Wildman–Crippen LogP) is 0.954. The van der Waals surface area contributed by atoms with Gasteiger partial charge in [0, 0.05) is 5.56 Å². The van der Waals surface area contributed by atoms with E-state index in [2.05, 4.69) is 15.5 Å². The van der Waals surface area contributed by atoms with Crippen molar-refractivity contribution in [2.24, 2.45) is 0 Å². The number of aryl methyl sites for hydroxylation is 1. The van der Waals surface area contributed by atoms with E-state index < -0.39 is 11.8 Å². The smallest absolute Gasteiger partial charge is 0.305 e. The molecule has 0 bridgehead atoms. The van der Waals surface area contributed by atoms with Gasteiger partial charge in [-0.25, -0.2) is 9.07 Å². The number of carboxylic acids is 1. The molecule has 17 heavy (non-hydrogen) atoms. The maximum atomic E-state index is 13.0. The highest BCUT2D eigenvalue weighted by Gasteiger charge is 2.10. The number of halogens is 1. The minimum Gasteiger partial charge on any atom is -0.481 e. The lowest BCUT2D eigenvalue weighted by molar-refractivity contribution is -0.137. The fraction of sp³-hybridized carbons (Fsp3) is 0.200. The summed E-state index contributed by atoms with van der Waals surface area (Å²) in [7, 11) is 0. The van der Waals surface area contributed by atoms with Gasteiger partial charge < -0.3 is 5.11 Å². The number of aromatic nitrogens is 4. The van der Waals surface area contributed by atoms with Gasteiger partial charge in [0.05, 0.1) is 13.0 Å². The van der Waals surface area contributed by atoms with Crippen molar-refractivity contribution in [1.82, 2.24) is 20.2 Å². The summed E-state index contributed by atoms with van der Waals surface area (Å²) in [6.07, 6.45) is -0.0899. The summed E-state index contributed by atoms with van der Waals surface area (Å²) in [5, 5.41) is 19.4. The maximum Gasteiger partial charge on any atom is 0.305 e. The van der Waals surface area contributed by atoms with Crippen LogP contribution in [-0.2, 0) is 11.3 Å². The van der Waals surface area contributed by atoms with Gasteiger partial charge >= 0.3 is 5.97 Å². The molecule has 0 fully saturated rings. The van der Waals surface area contributed by atoms with Crippen molar-refractivity contribution in [2.75, 3.05) is 0 Å². The van der Waals surface area contributed by atoms with Gasteiger partial charge in [0.2, 0.25) is 0 Å². The van der Waals surface area contributed by atoms with E-state index in [1.165, 1.54) is 16.8 Å². The van der Waals surface area contributed by atoms with Crippen LogP contribution in [0.3, 0.4) is 0 Å². The summed E-state index contributed by atoms with van der Waals surface area (Å²) in [6, 6.07) is 5.81. The van der Waals surface area contributed by atoms with Crippen LogP contribution in [0.15, 0.2) is 24.3 Å². The standard InChI is InChI=1S/C10H9FN4O2/c11-8-3-1-2-7(6-8)10-12-13-14-15(10)5-4-9(16)17/h1-3,6H,4-5H2,(H,16,17). The Morgan fingerprint density at radius 2 is 2.29 bits per heavy atom. The minimum absolute atomic E-state index is 0.0899. The quantitative estimate of drug-likeness (QED) is 0.854. The summed E-state index contributed by atoms with van der Waals surface area (Å²) in [5.41, 5.74) is 0.514. The van der Waals surface area contributed by atoms with Gasteiger partial charge in [-0.15, -0.1) is 5.10 Å². The van der Waals surface area contributed by atoms with E-state index in [9.17, 15) is 9.18 Å². The van der Waals surface area contributed by atoms with Gasteiger partial charge in [-0.2, -0.15) is 0 Å². The molecule has 0 aliphatic heterocycles. The molecule has 0 radical (unpaired) electrons. The van der Waals surface area contributed by atoms with Gasteiger partial charge in [-0.3, -0.25) is 4.79 Å². The Kier molecular flexibility index (Phi) is 3.08. The van der Waals surface area contributed by atoms with Crippen LogP contribution < -0.4 is 0 Å². The van der Waals surface area contributed by atoms with Gasteiger partial charge in [0.25, 0.3) is 0 Å². The predicted molar refractivity (Wildman–Crippen MR) is 55.5 cm³/mol. The van der Waals surface area contributed by atoms with Crippen molar-refractivity contribution < 1.29 is 14.3 Å². The zero-order valence-electron chi connectivity index (χ0n) is 8.75. The lowest BCUT2D eigenvalue weighted by Crippen LogP contribution is -2.07. The van der Waals surface area contributed by atoms with Gasteiger partial charge in [0.1, 0.15) is 5.82 Å². The molecule has 0 saturated heterocycles. The number of hydrogen-bond acceptors (Lipinski definition) is 4. The van der Waals surface area contributed by atoms with Crippen LogP contribution in [0, 0.1) is 5.82 Å². The Labute approximate surface area is 95.7 Å². The Hall–Kier alpha value is -2.31. The summed E-state index contributed by atoms with van der Waals surface area (Å²) >= 11 is 0. The molecule has 0 amide bonds. The van der Waals surface area contributed by atoms with Crippen LogP contribution in [-0.4, -0.2) is 31.3 Å². The summed E-state index contributed by atoms with van der Waals surface area (Å²) in [4.78, 5) is 10.5. The van der Waals surface area contributed by atoms with Crippen LogP contribution in [0.4, 0.5) is 4.39 Å². The zero-order chi connectivity index (χ0) is 12.3. The SMILES string of the molecule is O=C(O)CCn1nnnc1-c1cccc(F)c1. The molecular weight excluding hydrogens is 227 g/mol. The highest BCUT2D eigenvalue weighted by Crippen LogP contribution is 2.16. The second kappa shape index (κ2) is 4.69. The number of tetrazole rings is 1. The molecule has 0 aliphatic carbocycles. The van der Waals surface area contributed by atoms with E-state index in [0.717, 1.165) is 0 Å². The Morgan fingerprint density at radius 1 is 1.47 bits per heavy atom. The molecule has 2 rings (SSSR count). The monoisotopic (exact) mass is 236 g/mol. The second-order valence-electron chi connectivity index (χ2n) is 3.38. The fourth-order valence-corrected chi connectivity index (χ4v) is 1.39. The molecule has 1 aromatic carbocycles. The average Bonchev–Trinajstić information content (AvgIpc) is 2.74. The summed E-state index contributed by atoms with van der Waals surface area (Å²) in [6.45, 7) is 0.147. The van der Waals surface area contributed by atoms with Crippen LogP contribution in [0.5, 0.6) is 0 Å². The van der Waals surface area contributed by atoms with Gasteiger partial charge in [0.15, 0.2) is 5.82 Å². The number of rotatable bonds is 4. The molecule has 1 heterocycles. The first-order chi connectivity index (χ1) is 8.16. The third-order valence-electron chi connectivity index (χ3n) is 2.15. The normalized spacial score (nSPS) is 10.4. The number of hydrogen-bond donors (Lipinski definition) is 1. The fourth-order valence-electron chi connectivity index (χ4n) is 1.39. The lowest BCUT2D eigenvalue weighted by Gasteiger charge is -2.02. The lowest BCUT2D eigenvalue weighted by atomic mass is 10.2. The molecule has 6 nitrogen and oxygen atoms in total. The first kappa shape index (κ1) is 11.2. The van der Waals surface area contributed by atoms with E-state index in [0.29, 0.717) is 11.4 Å². The topological polar surface area (TPSA) is 80.9 Å². The minimum atomic E-state index is -0.939. The second-order valence-corrected chi connectivity index (χ2v) is 3.38. The van der Waals surface area contributed by atoms with E-state index >= 15 is 0 Å². The van der Waals surface area contributed by atoms with Crippen molar-refractivity contribution in [2.45, 2.75) is 13.0 Å². The van der Waals surface area contributed by atoms with E-state index in [-0.39, 0.29) is 13.0 Å². The van der Waals surface area contributed by atoms with E-state index in [4.69, 9.17) is 5.11 Å². The third-order valence-corrected chi connectivity index (χ3v) is 2.15. The summed E-state index contributed by atoms with van der Waals surface area (Å²) < 4.78 is 14.4. The number of carboxylic acid groups (broad SMARTS) is 1. The van der Waals surface area contributed by atoms with Crippen molar-refractivity contribution >= 4 is 5.97 Å². The Bertz CT molecular complexity index is 541. The molecule has 0 atom stereocenters. The zero-order valence-corrected chi connectivity index (χ0v) is 8.75. The third kappa shape index (κ3) is 2.63. The Morgan fingerprint density at radius 3 is 3.00 bits per heavy atom. The molecule has 0 saturated carbocycles. The molecule has 0 aliphatic rings.